The first-order chi connectivity index (χ1) is 11.5. The molecule has 4 aliphatic carbocycles. The van der Waals surface area contributed by atoms with E-state index >= 15 is 0 Å². The average molecular weight is 332 g/mol. The molecule has 0 aromatic heterocycles. The Bertz CT molecular complexity index is 563. The van der Waals surface area contributed by atoms with E-state index in [9.17, 15) is 5.11 Å². The van der Waals surface area contributed by atoms with Crippen LogP contribution >= 0.6 is 0 Å². The molecule has 1 N–H and O–H groups in total. The molecule has 134 valence electrons. The van der Waals surface area contributed by atoms with Crippen LogP contribution in [-0.4, -0.2) is 30.2 Å². The van der Waals surface area contributed by atoms with Crippen molar-refractivity contribution in [3.05, 3.63) is 11.6 Å². The van der Waals surface area contributed by atoms with Crippen molar-refractivity contribution in [1.82, 2.24) is 0 Å². The summed E-state index contributed by atoms with van der Waals surface area (Å²) in [7, 11) is 0. The molecule has 5 rings (SSSR count). The summed E-state index contributed by atoms with van der Waals surface area (Å²) in [5, 5.41) is 10.6. The van der Waals surface area contributed by atoms with Crippen LogP contribution in [0, 0.1) is 28.6 Å². The standard InChI is InChI=1S/C21H32O3/c1-19-9-10-21(23-11-12-24-21)13-14(19)3-4-15-16-5-6-18(22)20(16,2)8-7-17(15)19/h3,15-18,22H,4-13H2,1-2H3/t15-,16+,17-,18-,19+,20+/m1/s1. The first kappa shape index (κ1) is 15.8. The van der Waals surface area contributed by atoms with Gasteiger partial charge in [0.25, 0.3) is 0 Å². The van der Waals surface area contributed by atoms with E-state index in [0.717, 1.165) is 50.2 Å². The molecular weight excluding hydrogens is 300 g/mol. The van der Waals surface area contributed by atoms with Gasteiger partial charge in [-0.3, -0.25) is 0 Å². The quantitative estimate of drug-likeness (QED) is 0.680. The monoisotopic (exact) mass is 332 g/mol. The van der Waals surface area contributed by atoms with E-state index < -0.39 is 0 Å². The zero-order chi connectivity index (χ0) is 16.6. The number of ether oxygens (including phenoxy) is 2. The maximum Gasteiger partial charge on any atom is 0.172 e. The van der Waals surface area contributed by atoms with Crippen molar-refractivity contribution in [2.75, 3.05) is 13.2 Å². The van der Waals surface area contributed by atoms with Crippen LogP contribution in [0.3, 0.4) is 0 Å². The van der Waals surface area contributed by atoms with Crippen LogP contribution in [-0.2, 0) is 9.47 Å². The highest BCUT2D eigenvalue weighted by Gasteiger charge is 2.60. The fourth-order valence-corrected chi connectivity index (χ4v) is 7.32. The molecule has 3 nitrogen and oxygen atoms in total. The van der Waals surface area contributed by atoms with Gasteiger partial charge in [0.05, 0.1) is 19.3 Å². The lowest BCUT2D eigenvalue weighted by molar-refractivity contribution is -0.185. The number of fused-ring (bicyclic) bond motifs is 5. The largest absolute Gasteiger partial charge is 0.393 e. The highest BCUT2D eigenvalue weighted by atomic mass is 16.7. The molecule has 1 spiro atoms. The van der Waals surface area contributed by atoms with Crippen molar-refractivity contribution in [2.24, 2.45) is 28.6 Å². The molecule has 0 bridgehead atoms. The maximum atomic E-state index is 10.6. The number of hydrogen-bond acceptors (Lipinski definition) is 3. The molecule has 1 saturated heterocycles. The highest BCUT2D eigenvalue weighted by Crippen LogP contribution is 2.65. The number of aliphatic hydroxyl groups excluding tert-OH is 1. The molecule has 1 heterocycles. The zero-order valence-corrected chi connectivity index (χ0v) is 15.2. The van der Waals surface area contributed by atoms with Gasteiger partial charge < -0.3 is 14.6 Å². The van der Waals surface area contributed by atoms with Crippen molar-refractivity contribution >= 4 is 0 Å². The van der Waals surface area contributed by atoms with Gasteiger partial charge in [0.2, 0.25) is 0 Å². The summed E-state index contributed by atoms with van der Waals surface area (Å²) < 4.78 is 12.0. The Kier molecular flexibility index (Phi) is 3.35. The van der Waals surface area contributed by atoms with E-state index in [1.807, 2.05) is 0 Å². The lowest BCUT2D eigenvalue weighted by atomic mass is 9.47. The van der Waals surface area contributed by atoms with Crippen LogP contribution in [0.1, 0.15) is 65.2 Å². The number of rotatable bonds is 0. The summed E-state index contributed by atoms with van der Waals surface area (Å²) in [6, 6.07) is 0. The second kappa shape index (κ2) is 5.08. The smallest absolute Gasteiger partial charge is 0.172 e. The molecule has 0 amide bonds. The Labute approximate surface area is 145 Å². The summed E-state index contributed by atoms with van der Waals surface area (Å²) in [4.78, 5) is 0. The predicted octanol–water partition coefficient (Wildman–Crippen LogP) is 4.05. The van der Waals surface area contributed by atoms with Gasteiger partial charge in [0.1, 0.15) is 0 Å². The Hall–Kier alpha value is -0.380. The lowest BCUT2D eigenvalue weighted by Gasteiger charge is -2.58. The normalized spacial score (nSPS) is 52.5. The number of allylic oxidation sites excluding steroid dienone is 1. The van der Waals surface area contributed by atoms with E-state index in [2.05, 4.69) is 19.9 Å². The molecule has 5 aliphatic rings. The fraction of sp³-hybridized carbons (Fsp3) is 0.905. The molecule has 3 heteroatoms. The average Bonchev–Trinajstić information content (AvgIpc) is 3.14. The molecular formula is C21H32O3. The van der Waals surface area contributed by atoms with E-state index in [1.54, 1.807) is 5.57 Å². The van der Waals surface area contributed by atoms with Crippen molar-refractivity contribution in [3.8, 4) is 0 Å². The van der Waals surface area contributed by atoms with Crippen molar-refractivity contribution in [3.63, 3.8) is 0 Å². The minimum absolute atomic E-state index is 0.0726. The minimum atomic E-state index is -0.301. The van der Waals surface area contributed by atoms with E-state index in [0.29, 0.717) is 5.41 Å². The summed E-state index contributed by atoms with van der Waals surface area (Å²) in [6.07, 6.45) is 11.7. The molecule has 0 radical (unpaired) electrons. The van der Waals surface area contributed by atoms with Crippen LogP contribution in [0.2, 0.25) is 0 Å². The molecule has 24 heavy (non-hydrogen) atoms. The van der Waals surface area contributed by atoms with Crippen LogP contribution in [0.5, 0.6) is 0 Å². The number of aliphatic hydroxyl groups is 1. The van der Waals surface area contributed by atoms with Crippen molar-refractivity contribution in [1.29, 1.82) is 0 Å². The Morgan fingerprint density at radius 2 is 1.79 bits per heavy atom. The van der Waals surface area contributed by atoms with Crippen LogP contribution < -0.4 is 0 Å². The first-order valence-corrected chi connectivity index (χ1v) is 10.1. The Morgan fingerprint density at radius 1 is 1.00 bits per heavy atom. The van der Waals surface area contributed by atoms with Crippen molar-refractivity contribution < 1.29 is 14.6 Å². The van der Waals surface area contributed by atoms with Gasteiger partial charge in [0, 0.05) is 12.8 Å². The third kappa shape index (κ3) is 1.95. The number of hydrogen-bond donors (Lipinski definition) is 1. The second-order valence-corrected chi connectivity index (χ2v) is 9.68. The fourth-order valence-electron chi connectivity index (χ4n) is 7.32. The minimum Gasteiger partial charge on any atom is -0.393 e. The Morgan fingerprint density at radius 3 is 2.58 bits per heavy atom. The molecule has 0 unspecified atom stereocenters. The second-order valence-electron chi connectivity index (χ2n) is 9.68. The summed E-state index contributed by atoms with van der Waals surface area (Å²) in [5.74, 6) is 1.98. The van der Waals surface area contributed by atoms with Gasteiger partial charge in [0.15, 0.2) is 5.79 Å². The van der Waals surface area contributed by atoms with Gasteiger partial charge in [-0.1, -0.05) is 25.5 Å². The molecule has 6 atom stereocenters. The third-order valence-corrected chi connectivity index (χ3v) is 8.87. The van der Waals surface area contributed by atoms with E-state index in [1.165, 1.54) is 32.1 Å². The van der Waals surface area contributed by atoms with Gasteiger partial charge in [-0.2, -0.15) is 0 Å². The Balaban J connectivity index is 1.46. The van der Waals surface area contributed by atoms with Crippen LogP contribution in [0.15, 0.2) is 11.6 Å². The van der Waals surface area contributed by atoms with E-state index in [4.69, 9.17) is 9.47 Å². The van der Waals surface area contributed by atoms with Gasteiger partial charge >= 0.3 is 0 Å². The predicted molar refractivity (Wildman–Crippen MR) is 92.3 cm³/mol. The highest BCUT2D eigenvalue weighted by molar-refractivity contribution is 5.26. The maximum absolute atomic E-state index is 10.6. The molecule has 1 aliphatic heterocycles. The summed E-state index contributed by atoms with van der Waals surface area (Å²) in [5.41, 5.74) is 2.12. The van der Waals surface area contributed by atoms with Gasteiger partial charge in [-0.15, -0.1) is 0 Å². The lowest BCUT2D eigenvalue weighted by Crippen LogP contribution is -2.52. The zero-order valence-electron chi connectivity index (χ0n) is 15.2. The molecule has 3 saturated carbocycles. The summed E-state index contributed by atoms with van der Waals surface area (Å²) >= 11 is 0. The van der Waals surface area contributed by atoms with E-state index in [-0.39, 0.29) is 17.3 Å². The van der Waals surface area contributed by atoms with Crippen molar-refractivity contribution in [2.45, 2.75) is 77.1 Å². The molecule has 4 fully saturated rings. The SMILES string of the molecule is C[C@]12CC[C@@H]3[C@H](CC=C4CC5(CC[C@@]43C)OCCO5)[C@@H]1CC[C@H]2O. The molecule has 0 aromatic rings. The van der Waals surface area contributed by atoms with Gasteiger partial charge in [-0.05, 0) is 67.1 Å². The van der Waals surface area contributed by atoms with Crippen LogP contribution in [0.25, 0.3) is 0 Å². The molecule has 0 aromatic carbocycles. The summed E-state index contributed by atoms with van der Waals surface area (Å²) in [6.45, 7) is 6.40. The van der Waals surface area contributed by atoms with Gasteiger partial charge in [-0.25, -0.2) is 0 Å². The third-order valence-electron chi connectivity index (χ3n) is 8.87. The van der Waals surface area contributed by atoms with Crippen LogP contribution in [0.4, 0.5) is 0 Å². The topological polar surface area (TPSA) is 38.7 Å². The first-order valence-electron chi connectivity index (χ1n) is 10.1.